The van der Waals surface area contributed by atoms with Gasteiger partial charge < -0.3 is 64.9 Å². The number of fused-ring (bicyclic) bond motifs is 5. The molecular weight excluding hydrogens is 792 g/mol. The molecule has 0 bridgehead atoms. The number of ether oxygens (including phenoxy) is 4. The van der Waals surface area contributed by atoms with E-state index in [1.54, 1.807) is 6.92 Å². The van der Waals surface area contributed by atoms with Crippen LogP contribution in [0.4, 0.5) is 0 Å². The average Bonchev–Trinajstić information content (AvgIpc) is 3.60. The quantitative estimate of drug-likeness (QED) is 0.0556. The molecule has 58 heavy (non-hydrogen) atoms. The molecule has 20 heteroatoms. The van der Waals surface area contributed by atoms with E-state index in [9.17, 15) is 58.9 Å². The van der Waals surface area contributed by atoms with Gasteiger partial charge in [0, 0.05) is 18.9 Å². The van der Waals surface area contributed by atoms with Gasteiger partial charge >= 0.3 is 10.4 Å². The molecule has 19 nitrogen and oxygen atoms in total. The third-order valence-corrected chi connectivity index (χ3v) is 15.7. The van der Waals surface area contributed by atoms with Gasteiger partial charge in [0.15, 0.2) is 6.29 Å². The lowest BCUT2D eigenvalue weighted by Gasteiger charge is -2.68. The molecule has 2 aliphatic heterocycles. The maximum absolute atomic E-state index is 12.8. The summed E-state index contributed by atoms with van der Waals surface area (Å²) in [5.74, 6) is -3.16. The molecule has 6 fully saturated rings. The highest BCUT2D eigenvalue weighted by Gasteiger charge is 2.75. The van der Waals surface area contributed by atoms with Gasteiger partial charge in [-0.3, -0.25) is 4.55 Å². The predicted molar refractivity (Wildman–Crippen MR) is 197 cm³/mol. The SMILES string of the molecule is COC1C(O)COC(OC2C(OOC(CCC(C)C3CC(O)C4C3(C)CCC3C5(C)CCC(O)C(O)C5C(OS(=O)(=O)O)C(O)C34O)C(C)C)OC(CO)C2O)C1O. The van der Waals surface area contributed by atoms with Crippen molar-refractivity contribution in [2.24, 2.45) is 46.3 Å². The summed E-state index contributed by atoms with van der Waals surface area (Å²) >= 11 is 0. The van der Waals surface area contributed by atoms with Crippen LogP contribution in [-0.4, -0.2) is 171 Å². The highest BCUT2D eigenvalue weighted by molar-refractivity contribution is 7.80. The van der Waals surface area contributed by atoms with Gasteiger partial charge in [-0.15, -0.1) is 0 Å². The Labute approximate surface area is 339 Å². The van der Waals surface area contributed by atoms with Crippen molar-refractivity contribution in [3.63, 3.8) is 0 Å². The van der Waals surface area contributed by atoms with Crippen LogP contribution >= 0.6 is 0 Å². The molecule has 10 N–H and O–H groups in total. The maximum Gasteiger partial charge on any atom is 0.397 e. The highest BCUT2D eigenvalue weighted by atomic mass is 32.3. The molecule has 338 valence electrons. The van der Waals surface area contributed by atoms with Crippen molar-refractivity contribution in [3.8, 4) is 0 Å². The largest absolute Gasteiger partial charge is 0.397 e. The molecule has 22 atom stereocenters. The summed E-state index contributed by atoms with van der Waals surface area (Å²) in [5.41, 5.74) is -3.87. The van der Waals surface area contributed by atoms with Gasteiger partial charge in [0.2, 0.25) is 6.29 Å². The number of rotatable bonds is 14. The van der Waals surface area contributed by atoms with Crippen molar-refractivity contribution in [3.05, 3.63) is 0 Å². The summed E-state index contributed by atoms with van der Waals surface area (Å²) in [4.78, 5) is 11.6. The zero-order valence-corrected chi connectivity index (χ0v) is 34.8. The first-order chi connectivity index (χ1) is 27.0. The summed E-state index contributed by atoms with van der Waals surface area (Å²) in [6, 6.07) is 0. The third-order valence-electron chi connectivity index (χ3n) is 15.2. The lowest BCUT2D eigenvalue weighted by molar-refractivity contribution is -0.419. The Balaban J connectivity index is 1.15. The molecule has 0 aromatic carbocycles. The fourth-order valence-corrected chi connectivity index (χ4v) is 12.8. The Bertz CT molecular complexity index is 1510. The number of aliphatic hydroxyl groups excluding tert-OH is 8. The van der Waals surface area contributed by atoms with Gasteiger partial charge in [-0.1, -0.05) is 34.6 Å². The standard InChI is InChI=1S/C38H66O19S/c1-16(2)22(55-56-35-31(27(44)23(14-39)53-35)54-34-28(45)29(51-6)21(42)15-52-34)8-7-17(3)18-13-20(41)32-36(18,4)12-10-24-37(5)11-9-19(40)26(43)25(37)30(57-58(48,49)50)33(46)38(24,32)47/h16-35,39-47H,7-15H2,1-6H3,(H,48,49,50). The van der Waals surface area contributed by atoms with Crippen LogP contribution in [0.15, 0.2) is 0 Å². The van der Waals surface area contributed by atoms with Gasteiger partial charge in [-0.25, -0.2) is 14.0 Å². The summed E-state index contributed by atoms with van der Waals surface area (Å²) in [5, 5.41) is 100.0. The number of hydrogen-bond donors (Lipinski definition) is 10. The van der Waals surface area contributed by atoms with Crippen LogP contribution in [0.2, 0.25) is 0 Å². The van der Waals surface area contributed by atoms with Gasteiger partial charge in [0.05, 0.1) is 37.6 Å². The van der Waals surface area contributed by atoms with Crippen LogP contribution in [0, 0.1) is 46.3 Å². The van der Waals surface area contributed by atoms with E-state index in [0.717, 1.165) is 0 Å². The second-order valence-electron chi connectivity index (χ2n) is 18.7. The predicted octanol–water partition coefficient (Wildman–Crippen LogP) is -1.22. The molecule has 4 saturated carbocycles. The number of aliphatic hydroxyl groups is 9. The second kappa shape index (κ2) is 17.4. The zero-order valence-electron chi connectivity index (χ0n) is 34.0. The van der Waals surface area contributed by atoms with Gasteiger partial charge in [0.25, 0.3) is 0 Å². The van der Waals surface area contributed by atoms with E-state index in [2.05, 4.69) is 0 Å². The Kier molecular flexibility index (Phi) is 14.1. The first-order valence-electron chi connectivity index (χ1n) is 20.6. The number of methoxy groups -OCH3 is 1. The molecule has 6 rings (SSSR count). The van der Waals surface area contributed by atoms with Crippen LogP contribution in [0.5, 0.6) is 0 Å². The molecule has 6 aliphatic rings. The van der Waals surface area contributed by atoms with E-state index in [1.165, 1.54) is 7.11 Å². The maximum atomic E-state index is 12.8. The molecule has 0 aromatic rings. The van der Waals surface area contributed by atoms with Gasteiger partial charge in [0.1, 0.15) is 54.4 Å². The molecule has 2 heterocycles. The molecule has 0 amide bonds. The smallest absolute Gasteiger partial charge is 0.394 e. The Morgan fingerprint density at radius 2 is 1.50 bits per heavy atom. The Hall–Kier alpha value is -0.730. The first kappa shape index (κ1) is 46.8. The zero-order chi connectivity index (χ0) is 42.9. The summed E-state index contributed by atoms with van der Waals surface area (Å²) < 4.78 is 61.3. The fourth-order valence-electron chi connectivity index (χ4n) is 12.3. The molecule has 0 aromatic heterocycles. The first-order valence-corrected chi connectivity index (χ1v) is 21.9. The summed E-state index contributed by atoms with van der Waals surface area (Å²) in [6.45, 7) is 8.84. The monoisotopic (exact) mass is 858 g/mol. The number of hydrogen-bond acceptors (Lipinski definition) is 18. The Morgan fingerprint density at radius 1 is 0.828 bits per heavy atom. The average molecular weight is 859 g/mol. The highest BCUT2D eigenvalue weighted by Crippen LogP contribution is 2.70. The van der Waals surface area contributed by atoms with Crippen LogP contribution in [0.3, 0.4) is 0 Å². The molecule has 2 saturated heterocycles. The van der Waals surface area contributed by atoms with Crippen molar-refractivity contribution in [2.75, 3.05) is 20.3 Å². The molecular formula is C38H66O19S. The molecule has 4 aliphatic carbocycles. The second-order valence-corrected chi connectivity index (χ2v) is 19.8. The van der Waals surface area contributed by atoms with Crippen LogP contribution in [0.25, 0.3) is 0 Å². The molecule has 0 radical (unpaired) electrons. The third kappa shape index (κ3) is 8.16. The van der Waals surface area contributed by atoms with Crippen LogP contribution in [-0.2, 0) is 43.3 Å². The Morgan fingerprint density at radius 3 is 2.12 bits per heavy atom. The minimum Gasteiger partial charge on any atom is -0.394 e. The van der Waals surface area contributed by atoms with Crippen molar-refractivity contribution in [1.82, 2.24) is 0 Å². The lowest BCUT2D eigenvalue weighted by atomic mass is 9.40. The van der Waals surface area contributed by atoms with Crippen molar-refractivity contribution in [1.29, 1.82) is 0 Å². The van der Waals surface area contributed by atoms with Gasteiger partial charge in [-0.05, 0) is 79.4 Å². The topological polar surface area (TPSA) is 301 Å². The van der Waals surface area contributed by atoms with E-state index in [4.69, 9.17) is 32.9 Å². The van der Waals surface area contributed by atoms with Gasteiger partial charge in [-0.2, -0.15) is 8.42 Å². The van der Waals surface area contributed by atoms with E-state index < -0.39 is 137 Å². The fraction of sp³-hybridized carbons (Fsp3) is 1.00. The minimum atomic E-state index is -5.19. The van der Waals surface area contributed by atoms with E-state index >= 15 is 0 Å². The summed E-state index contributed by atoms with van der Waals surface area (Å²) in [6.07, 6.45) is -15.5. The molecule has 0 spiro atoms. The van der Waals surface area contributed by atoms with Crippen molar-refractivity contribution < 1.29 is 91.8 Å². The molecule has 22 unspecified atom stereocenters. The summed E-state index contributed by atoms with van der Waals surface area (Å²) in [7, 11) is -3.87. The normalized spacial score (nSPS) is 50.6. The minimum absolute atomic E-state index is 0.0799. The lowest BCUT2D eigenvalue weighted by Crippen LogP contribution is -2.77. The van der Waals surface area contributed by atoms with Crippen LogP contribution in [0.1, 0.15) is 79.6 Å². The van der Waals surface area contributed by atoms with E-state index in [-0.39, 0.29) is 43.6 Å². The van der Waals surface area contributed by atoms with E-state index in [1.807, 2.05) is 27.7 Å². The van der Waals surface area contributed by atoms with E-state index in [0.29, 0.717) is 25.7 Å². The van der Waals surface area contributed by atoms with Crippen molar-refractivity contribution in [2.45, 2.75) is 171 Å². The van der Waals surface area contributed by atoms with Crippen molar-refractivity contribution >= 4 is 10.4 Å². The van der Waals surface area contributed by atoms with Crippen LogP contribution < -0.4 is 0 Å².